The molecule has 0 spiro atoms. The summed E-state index contributed by atoms with van der Waals surface area (Å²) in [5, 5.41) is 9.02. The van der Waals surface area contributed by atoms with Crippen molar-refractivity contribution in [2.75, 3.05) is 33.7 Å². The monoisotopic (exact) mass is 217 g/mol. The zero-order chi connectivity index (χ0) is 12.0. The first kappa shape index (κ1) is 14.3. The molecule has 0 rings (SSSR count). The molecule has 2 unspecified atom stereocenters. The van der Waals surface area contributed by atoms with Crippen LogP contribution in [0.15, 0.2) is 0 Å². The minimum absolute atomic E-state index is 0.154. The Morgan fingerprint density at radius 2 is 2.00 bits per heavy atom. The van der Waals surface area contributed by atoms with E-state index in [1.165, 1.54) is 0 Å². The van der Waals surface area contributed by atoms with Gasteiger partial charge in [-0.1, -0.05) is 6.92 Å². The van der Waals surface area contributed by atoms with Gasteiger partial charge in [0.2, 0.25) is 0 Å². The molecule has 0 aliphatic carbocycles. The number of carboxylic acid groups (broad SMARTS) is 1. The van der Waals surface area contributed by atoms with Crippen molar-refractivity contribution in [2.45, 2.75) is 25.9 Å². The van der Waals surface area contributed by atoms with Crippen molar-refractivity contribution in [2.24, 2.45) is 5.73 Å². The molecule has 0 bridgehead atoms. The molecule has 0 saturated heterocycles. The smallest absolute Gasteiger partial charge is 0.322 e. The topological polar surface area (TPSA) is 69.8 Å². The van der Waals surface area contributed by atoms with Crippen LogP contribution in [-0.4, -0.2) is 66.7 Å². The van der Waals surface area contributed by atoms with E-state index in [9.17, 15) is 4.79 Å². The summed E-state index contributed by atoms with van der Waals surface area (Å²) < 4.78 is 0. The summed E-state index contributed by atoms with van der Waals surface area (Å²) in [6, 6.07) is -0.389. The zero-order valence-electron chi connectivity index (χ0n) is 10.1. The summed E-state index contributed by atoms with van der Waals surface area (Å²) in [5.41, 5.74) is 5.48. The molecule has 0 aromatic carbocycles. The molecule has 0 fully saturated rings. The number of hydrogen-bond acceptors (Lipinski definition) is 4. The predicted molar refractivity (Wildman–Crippen MR) is 60.9 cm³/mol. The Hall–Kier alpha value is -0.650. The lowest BCUT2D eigenvalue weighted by Crippen LogP contribution is -2.52. The lowest BCUT2D eigenvalue weighted by Gasteiger charge is -2.33. The molecule has 2 atom stereocenters. The fourth-order valence-electron chi connectivity index (χ4n) is 1.85. The molecule has 0 heterocycles. The van der Waals surface area contributed by atoms with E-state index in [4.69, 9.17) is 10.8 Å². The maximum atomic E-state index is 11.0. The van der Waals surface area contributed by atoms with Crippen molar-refractivity contribution in [3.8, 4) is 0 Å². The number of aliphatic carboxylic acids is 1. The van der Waals surface area contributed by atoms with Crippen LogP contribution >= 0.6 is 0 Å². The van der Waals surface area contributed by atoms with Gasteiger partial charge in [-0.2, -0.15) is 0 Å². The summed E-state index contributed by atoms with van der Waals surface area (Å²) in [6.45, 7) is 5.66. The van der Waals surface area contributed by atoms with Crippen LogP contribution in [0.25, 0.3) is 0 Å². The Labute approximate surface area is 91.8 Å². The first-order valence-electron chi connectivity index (χ1n) is 5.27. The van der Waals surface area contributed by atoms with Gasteiger partial charge >= 0.3 is 5.97 Å². The van der Waals surface area contributed by atoms with Crippen molar-refractivity contribution < 1.29 is 9.90 Å². The highest BCUT2D eigenvalue weighted by Crippen LogP contribution is 2.06. The van der Waals surface area contributed by atoms with Gasteiger partial charge in [0.15, 0.2) is 0 Å². The van der Waals surface area contributed by atoms with E-state index in [-0.39, 0.29) is 12.6 Å². The highest BCUT2D eigenvalue weighted by atomic mass is 16.4. The first-order valence-corrected chi connectivity index (χ1v) is 5.27. The lowest BCUT2D eigenvalue weighted by molar-refractivity contribution is -0.143. The highest BCUT2D eigenvalue weighted by Gasteiger charge is 2.26. The third-order valence-corrected chi connectivity index (χ3v) is 2.47. The molecule has 0 aromatic heterocycles. The van der Waals surface area contributed by atoms with E-state index in [1.807, 2.05) is 37.7 Å². The molecule has 0 aliphatic heterocycles. The van der Waals surface area contributed by atoms with Crippen LogP contribution in [0.3, 0.4) is 0 Å². The third-order valence-electron chi connectivity index (χ3n) is 2.47. The molecule has 0 saturated carbocycles. The van der Waals surface area contributed by atoms with Gasteiger partial charge in [0.1, 0.15) is 6.04 Å². The highest BCUT2D eigenvalue weighted by molar-refractivity contribution is 5.73. The number of nitrogens with two attached hydrogens (primary N) is 1. The predicted octanol–water partition coefficient (Wildman–Crippen LogP) is -0.330. The van der Waals surface area contributed by atoms with Gasteiger partial charge in [0, 0.05) is 19.1 Å². The second-order valence-electron chi connectivity index (χ2n) is 4.03. The van der Waals surface area contributed by atoms with Crippen molar-refractivity contribution >= 4 is 5.97 Å². The molecule has 0 radical (unpaired) electrons. The van der Waals surface area contributed by atoms with Crippen LogP contribution in [0, 0.1) is 0 Å². The minimum Gasteiger partial charge on any atom is -0.480 e. The standard InChI is InChI=1S/C10H23N3O2/c1-5-13(8(2)7-12(3)4)9(6-11)10(14)15/h8-9H,5-7,11H2,1-4H3,(H,14,15). The van der Waals surface area contributed by atoms with Crippen molar-refractivity contribution in [3.63, 3.8) is 0 Å². The number of nitrogens with zero attached hydrogens (tertiary/aromatic N) is 2. The van der Waals surface area contributed by atoms with Crippen LogP contribution in [-0.2, 0) is 4.79 Å². The van der Waals surface area contributed by atoms with Crippen LogP contribution < -0.4 is 5.73 Å². The summed E-state index contributed by atoms with van der Waals surface area (Å²) in [5.74, 6) is -0.843. The number of likely N-dealkylation sites (N-methyl/N-ethyl adjacent to an activating group) is 2. The Morgan fingerprint density at radius 1 is 1.47 bits per heavy atom. The van der Waals surface area contributed by atoms with Crippen LogP contribution in [0.1, 0.15) is 13.8 Å². The molecule has 3 N–H and O–H groups in total. The quantitative estimate of drug-likeness (QED) is 0.611. The number of carboxylic acids is 1. The largest absolute Gasteiger partial charge is 0.480 e. The molecule has 90 valence electrons. The molecule has 15 heavy (non-hydrogen) atoms. The maximum Gasteiger partial charge on any atom is 0.322 e. The molecule has 0 aromatic rings. The summed E-state index contributed by atoms with van der Waals surface area (Å²) in [4.78, 5) is 14.9. The fraction of sp³-hybridized carbons (Fsp3) is 0.900. The van der Waals surface area contributed by atoms with Gasteiger partial charge in [-0.15, -0.1) is 0 Å². The van der Waals surface area contributed by atoms with Crippen LogP contribution in [0.4, 0.5) is 0 Å². The fourth-order valence-corrected chi connectivity index (χ4v) is 1.85. The van der Waals surface area contributed by atoms with Gasteiger partial charge in [-0.25, -0.2) is 0 Å². The van der Waals surface area contributed by atoms with Crippen molar-refractivity contribution in [1.29, 1.82) is 0 Å². The first-order chi connectivity index (χ1) is 6.93. The molecule has 0 aliphatic rings. The molecular formula is C10H23N3O2. The van der Waals surface area contributed by atoms with E-state index in [2.05, 4.69) is 0 Å². The second kappa shape index (κ2) is 6.76. The van der Waals surface area contributed by atoms with E-state index in [1.54, 1.807) is 0 Å². The van der Waals surface area contributed by atoms with Crippen LogP contribution in [0.2, 0.25) is 0 Å². The summed E-state index contributed by atoms with van der Waals surface area (Å²) in [6.07, 6.45) is 0. The number of hydrogen-bond donors (Lipinski definition) is 2. The molecule has 0 amide bonds. The average Bonchev–Trinajstić information content (AvgIpc) is 2.11. The second-order valence-corrected chi connectivity index (χ2v) is 4.03. The van der Waals surface area contributed by atoms with Gasteiger partial charge in [-0.3, -0.25) is 9.69 Å². The van der Waals surface area contributed by atoms with Gasteiger partial charge in [0.05, 0.1) is 0 Å². The lowest BCUT2D eigenvalue weighted by atomic mass is 10.1. The Balaban J connectivity index is 4.50. The van der Waals surface area contributed by atoms with Crippen LogP contribution in [0.5, 0.6) is 0 Å². The SMILES string of the molecule is CCN(C(C)CN(C)C)C(CN)C(=O)O. The van der Waals surface area contributed by atoms with Gasteiger partial charge in [0.25, 0.3) is 0 Å². The number of rotatable bonds is 7. The summed E-state index contributed by atoms with van der Waals surface area (Å²) in [7, 11) is 3.95. The molecular weight excluding hydrogens is 194 g/mol. The van der Waals surface area contributed by atoms with Gasteiger partial charge < -0.3 is 15.7 Å². The minimum atomic E-state index is -0.843. The van der Waals surface area contributed by atoms with E-state index in [0.29, 0.717) is 6.54 Å². The normalized spacial score (nSPS) is 15.7. The maximum absolute atomic E-state index is 11.0. The zero-order valence-corrected chi connectivity index (χ0v) is 10.1. The van der Waals surface area contributed by atoms with Gasteiger partial charge in [-0.05, 0) is 27.6 Å². The van der Waals surface area contributed by atoms with E-state index < -0.39 is 12.0 Å². The average molecular weight is 217 g/mol. The summed E-state index contributed by atoms with van der Waals surface area (Å²) >= 11 is 0. The molecule has 5 nitrogen and oxygen atoms in total. The third kappa shape index (κ3) is 4.59. The Bertz CT molecular complexity index is 197. The molecule has 5 heteroatoms. The van der Waals surface area contributed by atoms with Crippen molar-refractivity contribution in [1.82, 2.24) is 9.80 Å². The van der Waals surface area contributed by atoms with E-state index in [0.717, 1.165) is 6.54 Å². The number of carbonyl (C=O) groups is 1. The van der Waals surface area contributed by atoms with E-state index >= 15 is 0 Å². The van der Waals surface area contributed by atoms with Crippen molar-refractivity contribution in [3.05, 3.63) is 0 Å². The Kier molecular flexibility index (Phi) is 6.47. The Morgan fingerprint density at radius 3 is 2.27 bits per heavy atom.